The Hall–Kier alpha value is -0.640. The molecule has 1 fully saturated rings. The van der Waals surface area contributed by atoms with E-state index in [4.69, 9.17) is 5.11 Å². The van der Waals surface area contributed by atoms with Crippen LogP contribution in [0.5, 0.6) is 0 Å². The summed E-state index contributed by atoms with van der Waals surface area (Å²) < 4.78 is 12.8. The lowest BCUT2D eigenvalue weighted by Gasteiger charge is -2.34. The number of alkyl halides is 1. The van der Waals surface area contributed by atoms with E-state index in [-0.39, 0.29) is 11.8 Å². The third kappa shape index (κ3) is 2.94. The third-order valence-corrected chi connectivity index (χ3v) is 2.88. The summed E-state index contributed by atoms with van der Waals surface area (Å²) in [5.41, 5.74) is 0. The summed E-state index contributed by atoms with van der Waals surface area (Å²) in [4.78, 5) is 13.0. The molecule has 14 heavy (non-hydrogen) atoms. The van der Waals surface area contributed by atoms with E-state index in [0.29, 0.717) is 19.4 Å². The van der Waals surface area contributed by atoms with Crippen LogP contribution in [0.3, 0.4) is 0 Å². The normalized spacial score (nSPS) is 31.4. The average Bonchev–Trinajstić information content (AvgIpc) is 2.01. The molecule has 0 aliphatic carbocycles. The Labute approximate surface area is 83.9 Å². The van der Waals surface area contributed by atoms with Crippen LogP contribution in [0, 0.1) is 11.8 Å². The smallest absolute Gasteiger partial charge is 0.306 e. The highest BCUT2D eigenvalue weighted by Crippen LogP contribution is 2.27. The number of hydrogen-bond donors (Lipinski definition) is 1. The van der Waals surface area contributed by atoms with E-state index in [0.717, 1.165) is 6.54 Å². The van der Waals surface area contributed by atoms with Crippen LogP contribution in [0.4, 0.5) is 4.39 Å². The SMILES string of the molecule is CC(F)CC1CN(C)CCC1C(=O)O. The first-order chi connectivity index (χ1) is 6.50. The second-order valence-electron chi connectivity index (χ2n) is 4.27. The van der Waals surface area contributed by atoms with Crippen molar-refractivity contribution < 1.29 is 14.3 Å². The number of hydrogen-bond acceptors (Lipinski definition) is 2. The molecule has 0 radical (unpaired) electrons. The Morgan fingerprint density at radius 3 is 2.86 bits per heavy atom. The number of likely N-dealkylation sites (tertiary alicyclic amines) is 1. The molecular formula is C10H18FNO2. The molecule has 0 aromatic carbocycles. The number of carboxylic acid groups (broad SMARTS) is 1. The number of rotatable bonds is 3. The van der Waals surface area contributed by atoms with Gasteiger partial charge >= 0.3 is 5.97 Å². The van der Waals surface area contributed by atoms with Gasteiger partial charge in [0, 0.05) is 6.54 Å². The van der Waals surface area contributed by atoms with Crippen molar-refractivity contribution in [1.82, 2.24) is 4.90 Å². The van der Waals surface area contributed by atoms with Gasteiger partial charge in [-0.2, -0.15) is 0 Å². The molecule has 82 valence electrons. The number of carboxylic acids is 1. The van der Waals surface area contributed by atoms with Crippen LogP contribution in [-0.4, -0.2) is 42.3 Å². The van der Waals surface area contributed by atoms with E-state index in [1.165, 1.54) is 6.92 Å². The molecule has 1 heterocycles. The molecule has 0 spiro atoms. The lowest BCUT2D eigenvalue weighted by Crippen LogP contribution is -2.42. The van der Waals surface area contributed by atoms with Gasteiger partial charge in [-0.3, -0.25) is 4.79 Å². The van der Waals surface area contributed by atoms with Gasteiger partial charge in [-0.05, 0) is 39.3 Å². The van der Waals surface area contributed by atoms with Crippen LogP contribution in [0.2, 0.25) is 0 Å². The highest BCUT2D eigenvalue weighted by Gasteiger charge is 2.33. The zero-order valence-electron chi connectivity index (χ0n) is 8.74. The van der Waals surface area contributed by atoms with Crippen LogP contribution in [0.1, 0.15) is 19.8 Å². The Bertz CT molecular complexity index is 206. The van der Waals surface area contributed by atoms with Crippen molar-refractivity contribution in [2.45, 2.75) is 25.9 Å². The van der Waals surface area contributed by atoms with Crippen LogP contribution < -0.4 is 0 Å². The van der Waals surface area contributed by atoms with E-state index in [1.807, 2.05) is 7.05 Å². The molecule has 3 unspecified atom stereocenters. The fourth-order valence-corrected chi connectivity index (χ4v) is 2.20. The predicted octanol–water partition coefficient (Wildman–Crippen LogP) is 1.39. The second kappa shape index (κ2) is 4.73. The summed E-state index contributed by atoms with van der Waals surface area (Å²) in [5, 5.41) is 8.97. The van der Waals surface area contributed by atoms with Gasteiger partial charge in [-0.1, -0.05) is 0 Å². The van der Waals surface area contributed by atoms with E-state index in [1.54, 1.807) is 0 Å². The average molecular weight is 203 g/mol. The largest absolute Gasteiger partial charge is 0.481 e. The van der Waals surface area contributed by atoms with Crippen LogP contribution in [0.25, 0.3) is 0 Å². The first kappa shape index (κ1) is 11.4. The van der Waals surface area contributed by atoms with E-state index in [9.17, 15) is 9.18 Å². The second-order valence-corrected chi connectivity index (χ2v) is 4.27. The molecule has 1 rings (SSSR count). The number of halogens is 1. The summed E-state index contributed by atoms with van der Waals surface area (Å²) in [6.07, 6.45) is 0.0956. The van der Waals surface area contributed by atoms with Gasteiger partial charge in [0.25, 0.3) is 0 Å². The summed E-state index contributed by atoms with van der Waals surface area (Å²) in [6, 6.07) is 0. The zero-order chi connectivity index (χ0) is 10.7. The highest BCUT2D eigenvalue weighted by molar-refractivity contribution is 5.70. The lowest BCUT2D eigenvalue weighted by atomic mass is 9.82. The van der Waals surface area contributed by atoms with Gasteiger partial charge in [0.05, 0.1) is 12.1 Å². The van der Waals surface area contributed by atoms with Crippen molar-refractivity contribution in [3.8, 4) is 0 Å². The third-order valence-electron chi connectivity index (χ3n) is 2.88. The van der Waals surface area contributed by atoms with Gasteiger partial charge in [0.1, 0.15) is 0 Å². The first-order valence-corrected chi connectivity index (χ1v) is 5.06. The van der Waals surface area contributed by atoms with E-state index in [2.05, 4.69) is 4.90 Å². The standard InChI is InChI=1S/C10H18FNO2/c1-7(11)5-8-6-12(2)4-3-9(8)10(13)14/h7-9H,3-6H2,1-2H3,(H,13,14). The predicted molar refractivity (Wildman–Crippen MR) is 51.9 cm³/mol. The highest BCUT2D eigenvalue weighted by atomic mass is 19.1. The van der Waals surface area contributed by atoms with Gasteiger partial charge in [-0.15, -0.1) is 0 Å². The maximum Gasteiger partial charge on any atom is 0.306 e. The molecule has 1 aliphatic heterocycles. The van der Waals surface area contributed by atoms with Crippen LogP contribution in [0.15, 0.2) is 0 Å². The van der Waals surface area contributed by atoms with Crippen molar-refractivity contribution in [2.24, 2.45) is 11.8 Å². The topological polar surface area (TPSA) is 40.5 Å². The van der Waals surface area contributed by atoms with Crippen LogP contribution in [-0.2, 0) is 4.79 Å². The lowest BCUT2D eigenvalue weighted by molar-refractivity contribution is -0.145. The molecule has 3 atom stereocenters. The molecule has 0 aromatic heterocycles. The minimum Gasteiger partial charge on any atom is -0.481 e. The maximum atomic E-state index is 12.8. The number of piperidine rings is 1. The fraction of sp³-hybridized carbons (Fsp3) is 0.900. The fourth-order valence-electron chi connectivity index (χ4n) is 2.20. The maximum absolute atomic E-state index is 12.8. The molecular weight excluding hydrogens is 185 g/mol. The van der Waals surface area contributed by atoms with Gasteiger partial charge < -0.3 is 10.0 Å². The Kier molecular flexibility index (Phi) is 3.86. The first-order valence-electron chi connectivity index (χ1n) is 5.06. The molecule has 1 saturated heterocycles. The van der Waals surface area contributed by atoms with Gasteiger partial charge in [0.2, 0.25) is 0 Å². The molecule has 3 nitrogen and oxygen atoms in total. The minimum absolute atomic E-state index is 0.0359. The summed E-state index contributed by atoms with van der Waals surface area (Å²) >= 11 is 0. The van der Waals surface area contributed by atoms with E-state index < -0.39 is 12.1 Å². The monoisotopic (exact) mass is 203 g/mol. The summed E-state index contributed by atoms with van der Waals surface area (Å²) in [6.45, 7) is 2.99. The van der Waals surface area contributed by atoms with Gasteiger partial charge in [-0.25, -0.2) is 4.39 Å². The van der Waals surface area contributed by atoms with Crippen molar-refractivity contribution in [1.29, 1.82) is 0 Å². The molecule has 0 aromatic rings. The van der Waals surface area contributed by atoms with Crippen molar-refractivity contribution in [3.63, 3.8) is 0 Å². The Morgan fingerprint density at radius 2 is 2.36 bits per heavy atom. The molecule has 0 bridgehead atoms. The Balaban J connectivity index is 2.59. The van der Waals surface area contributed by atoms with Crippen LogP contribution >= 0.6 is 0 Å². The minimum atomic E-state index is -0.909. The number of aliphatic carboxylic acids is 1. The zero-order valence-corrected chi connectivity index (χ0v) is 8.74. The molecule has 0 amide bonds. The molecule has 1 N–H and O–H groups in total. The molecule has 4 heteroatoms. The number of nitrogens with zero attached hydrogens (tertiary/aromatic N) is 1. The molecule has 1 aliphatic rings. The number of carbonyl (C=O) groups is 1. The van der Waals surface area contributed by atoms with Crippen molar-refractivity contribution in [2.75, 3.05) is 20.1 Å². The van der Waals surface area contributed by atoms with Crippen molar-refractivity contribution in [3.05, 3.63) is 0 Å². The molecule has 0 saturated carbocycles. The summed E-state index contributed by atoms with van der Waals surface area (Å²) in [7, 11) is 1.95. The Morgan fingerprint density at radius 1 is 1.71 bits per heavy atom. The van der Waals surface area contributed by atoms with Gasteiger partial charge in [0.15, 0.2) is 0 Å². The van der Waals surface area contributed by atoms with E-state index >= 15 is 0 Å². The quantitative estimate of drug-likeness (QED) is 0.753. The van der Waals surface area contributed by atoms with Crippen molar-refractivity contribution >= 4 is 5.97 Å². The summed E-state index contributed by atoms with van der Waals surface area (Å²) in [5.74, 6) is -1.17.